The third kappa shape index (κ3) is 4.94. The summed E-state index contributed by atoms with van der Waals surface area (Å²) in [6, 6.07) is 24.1. The number of nitrogens with zero attached hydrogens (tertiary/aromatic N) is 3. The smallest absolute Gasteiger partial charge is 0.174 e. The van der Waals surface area contributed by atoms with Crippen molar-refractivity contribution in [3.63, 3.8) is 0 Å². The largest absolute Gasteiger partial charge is 0.490 e. The highest BCUT2D eigenvalue weighted by molar-refractivity contribution is 7.80. The van der Waals surface area contributed by atoms with E-state index in [-0.39, 0.29) is 12.1 Å². The fourth-order valence-corrected chi connectivity index (χ4v) is 5.58. The van der Waals surface area contributed by atoms with Crippen LogP contribution in [0.4, 0.5) is 5.69 Å². The van der Waals surface area contributed by atoms with Crippen LogP contribution in [0.2, 0.25) is 5.02 Å². The Balaban J connectivity index is 1.60. The molecule has 0 radical (unpaired) electrons. The summed E-state index contributed by atoms with van der Waals surface area (Å²) in [6.45, 7) is 5.20. The van der Waals surface area contributed by atoms with Crippen molar-refractivity contribution in [1.82, 2.24) is 14.9 Å². The first-order chi connectivity index (χ1) is 18.0. The van der Waals surface area contributed by atoms with Gasteiger partial charge < -0.3 is 24.3 Å². The summed E-state index contributed by atoms with van der Waals surface area (Å²) >= 11 is 12.6. The number of methoxy groups -OCH3 is 1. The number of hydrogen-bond donors (Lipinski definition) is 1. The average molecular weight is 533 g/mol. The molecule has 1 N–H and O–H groups in total. The Bertz CT molecular complexity index is 1390. The van der Waals surface area contributed by atoms with Gasteiger partial charge in [0.15, 0.2) is 5.11 Å². The Labute approximate surface area is 227 Å². The third-order valence-electron chi connectivity index (χ3n) is 6.64. The monoisotopic (exact) mass is 532 g/mol. The van der Waals surface area contributed by atoms with Crippen molar-refractivity contribution in [3.05, 3.63) is 107 Å². The number of ether oxygens (including phenoxy) is 2. The van der Waals surface area contributed by atoms with Crippen LogP contribution in [0, 0.1) is 13.8 Å². The van der Waals surface area contributed by atoms with Gasteiger partial charge in [0.1, 0.15) is 12.4 Å². The predicted octanol–water partition coefficient (Wildman–Crippen LogP) is 6.34. The van der Waals surface area contributed by atoms with E-state index in [9.17, 15) is 0 Å². The Kier molecular flexibility index (Phi) is 7.46. The number of nitrogens with one attached hydrogen (secondary N) is 1. The predicted molar refractivity (Wildman–Crippen MR) is 152 cm³/mol. The lowest BCUT2D eigenvalue weighted by Crippen LogP contribution is -2.29. The second-order valence-electron chi connectivity index (χ2n) is 8.95. The molecule has 8 heteroatoms. The molecule has 0 bridgehead atoms. The Hall–Kier alpha value is -3.39. The van der Waals surface area contributed by atoms with Crippen LogP contribution < -0.4 is 15.0 Å². The van der Waals surface area contributed by atoms with E-state index in [1.54, 1.807) is 7.11 Å². The zero-order valence-corrected chi connectivity index (χ0v) is 22.6. The van der Waals surface area contributed by atoms with Crippen molar-refractivity contribution in [2.75, 3.05) is 25.2 Å². The number of anilines is 1. The van der Waals surface area contributed by atoms with E-state index < -0.39 is 0 Å². The van der Waals surface area contributed by atoms with E-state index in [2.05, 4.69) is 63.9 Å². The van der Waals surface area contributed by atoms with Gasteiger partial charge in [-0.25, -0.2) is 0 Å². The number of halogens is 1. The lowest BCUT2D eigenvalue weighted by atomic mass is 9.96. The molecule has 6 nitrogen and oxygen atoms in total. The molecule has 0 spiro atoms. The highest BCUT2D eigenvalue weighted by Gasteiger charge is 2.42. The molecule has 1 saturated heterocycles. The van der Waals surface area contributed by atoms with Crippen molar-refractivity contribution in [2.24, 2.45) is 0 Å². The van der Waals surface area contributed by atoms with E-state index in [4.69, 9.17) is 33.3 Å². The van der Waals surface area contributed by atoms with Crippen molar-refractivity contribution in [3.8, 4) is 11.4 Å². The molecule has 1 aliphatic rings. The summed E-state index contributed by atoms with van der Waals surface area (Å²) in [4.78, 5) is 6.81. The quantitative estimate of drug-likeness (QED) is 0.211. The van der Waals surface area contributed by atoms with Crippen LogP contribution in [0.15, 0.2) is 79.0 Å². The van der Waals surface area contributed by atoms with Gasteiger partial charge in [-0.1, -0.05) is 35.9 Å². The lowest BCUT2D eigenvalue weighted by Gasteiger charge is -2.28. The number of para-hydroxylation sites is 1. The number of benzene rings is 2. The van der Waals surface area contributed by atoms with Gasteiger partial charge in [0, 0.05) is 36.1 Å². The molecular formula is C29H29ClN4O2S. The minimum Gasteiger partial charge on any atom is -0.490 e. The summed E-state index contributed by atoms with van der Waals surface area (Å²) < 4.78 is 13.1. The second-order valence-corrected chi connectivity index (χ2v) is 9.74. The number of hydrogen-bond acceptors (Lipinski definition) is 4. The fourth-order valence-electron chi connectivity index (χ4n) is 5.00. The van der Waals surface area contributed by atoms with Crippen LogP contribution in [0.1, 0.15) is 34.7 Å². The molecule has 1 aliphatic heterocycles. The maximum absolute atomic E-state index is 6.65. The van der Waals surface area contributed by atoms with Gasteiger partial charge >= 0.3 is 0 Å². The Morgan fingerprint density at radius 3 is 2.46 bits per heavy atom. The Morgan fingerprint density at radius 1 is 0.973 bits per heavy atom. The molecule has 2 aromatic heterocycles. The van der Waals surface area contributed by atoms with Crippen LogP contribution in [0.3, 0.4) is 0 Å². The molecule has 5 rings (SSSR count). The van der Waals surface area contributed by atoms with Crippen molar-refractivity contribution < 1.29 is 9.47 Å². The van der Waals surface area contributed by atoms with E-state index in [0.717, 1.165) is 28.5 Å². The third-order valence-corrected chi connectivity index (χ3v) is 7.25. The van der Waals surface area contributed by atoms with Crippen molar-refractivity contribution >= 4 is 34.6 Å². The first-order valence-electron chi connectivity index (χ1n) is 12.2. The highest BCUT2D eigenvalue weighted by Crippen LogP contribution is 2.44. The zero-order chi connectivity index (χ0) is 25.9. The van der Waals surface area contributed by atoms with Crippen LogP contribution in [0.25, 0.3) is 5.69 Å². The Morgan fingerprint density at radius 2 is 1.76 bits per heavy atom. The van der Waals surface area contributed by atoms with Crippen LogP contribution in [-0.2, 0) is 4.74 Å². The van der Waals surface area contributed by atoms with Gasteiger partial charge in [-0.15, -0.1) is 0 Å². The fraction of sp³-hybridized carbons (Fsp3) is 0.241. The van der Waals surface area contributed by atoms with Crippen molar-refractivity contribution in [1.29, 1.82) is 0 Å². The zero-order valence-electron chi connectivity index (χ0n) is 21.0. The molecule has 190 valence electrons. The number of rotatable bonds is 8. The number of aromatic nitrogens is 2. The standard InChI is InChI=1S/C29H29ClN4O2S/c1-19-17-23(20(2)33(19)21-9-5-4-6-10-21)28-27(25-11-7-8-14-31-25)32-29(37)34(28)22-12-13-26(24(30)18-22)36-16-15-35-3/h4-14,17-18,27-28H,15-16H2,1-3H3,(H,32,37)/t27-,28-/m0/s1. The maximum atomic E-state index is 6.65. The summed E-state index contributed by atoms with van der Waals surface area (Å²) in [7, 11) is 1.64. The van der Waals surface area contributed by atoms with Crippen molar-refractivity contribution in [2.45, 2.75) is 25.9 Å². The molecule has 2 aromatic carbocycles. The van der Waals surface area contributed by atoms with E-state index in [1.807, 2.05) is 48.7 Å². The minimum absolute atomic E-state index is 0.137. The van der Waals surface area contributed by atoms with Gasteiger partial charge in [0.05, 0.1) is 29.4 Å². The molecule has 3 heterocycles. The van der Waals surface area contributed by atoms with Crippen LogP contribution >= 0.6 is 23.8 Å². The molecule has 0 unspecified atom stereocenters. The molecule has 37 heavy (non-hydrogen) atoms. The SMILES string of the molecule is COCCOc1ccc(N2C(=S)N[C@@H](c3ccccn3)[C@@H]2c2cc(C)n(-c3ccccc3)c2C)cc1Cl. The summed E-state index contributed by atoms with van der Waals surface area (Å²) in [6.07, 6.45) is 1.82. The molecule has 0 saturated carbocycles. The van der Waals surface area contributed by atoms with Gasteiger partial charge in [-0.05, 0) is 80.2 Å². The van der Waals surface area contributed by atoms with E-state index in [0.29, 0.717) is 29.1 Å². The highest BCUT2D eigenvalue weighted by atomic mass is 35.5. The first kappa shape index (κ1) is 25.3. The van der Waals surface area contributed by atoms with E-state index in [1.165, 1.54) is 5.56 Å². The minimum atomic E-state index is -0.144. The summed E-state index contributed by atoms with van der Waals surface area (Å²) in [5.41, 5.74) is 6.40. The molecule has 2 atom stereocenters. The van der Waals surface area contributed by atoms with Gasteiger partial charge in [0.25, 0.3) is 0 Å². The van der Waals surface area contributed by atoms with Crippen LogP contribution in [0.5, 0.6) is 5.75 Å². The first-order valence-corrected chi connectivity index (χ1v) is 12.9. The summed E-state index contributed by atoms with van der Waals surface area (Å²) in [5.74, 6) is 0.612. The van der Waals surface area contributed by atoms with Crippen LogP contribution in [-0.4, -0.2) is 35.0 Å². The molecular weight excluding hydrogens is 504 g/mol. The lowest BCUT2D eigenvalue weighted by molar-refractivity contribution is 0.146. The number of pyridine rings is 1. The average Bonchev–Trinajstić information content (AvgIpc) is 3.41. The topological polar surface area (TPSA) is 51.6 Å². The summed E-state index contributed by atoms with van der Waals surface area (Å²) in [5, 5.41) is 4.67. The normalized spacial score (nSPS) is 17.2. The molecule has 0 amide bonds. The van der Waals surface area contributed by atoms with E-state index >= 15 is 0 Å². The second kappa shape index (κ2) is 10.9. The molecule has 1 fully saturated rings. The molecule has 4 aromatic rings. The van der Waals surface area contributed by atoms with Gasteiger partial charge in [0.2, 0.25) is 0 Å². The molecule has 0 aliphatic carbocycles. The van der Waals surface area contributed by atoms with Gasteiger partial charge in [-0.2, -0.15) is 0 Å². The number of aryl methyl sites for hydroxylation is 1. The number of thiocarbonyl (C=S) groups is 1. The van der Waals surface area contributed by atoms with Gasteiger partial charge in [-0.3, -0.25) is 4.98 Å². The maximum Gasteiger partial charge on any atom is 0.174 e.